The molecule has 0 aromatic rings. The van der Waals surface area contributed by atoms with Crippen molar-refractivity contribution in [1.29, 1.82) is 21.0 Å². The monoisotopic (exact) mass is 234 g/mol. The molecule has 0 saturated heterocycles. The first kappa shape index (κ1) is 11.9. The van der Waals surface area contributed by atoms with Crippen molar-refractivity contribution in [1.82, 2.24) is 0 Å². The van der Waals surface area contributed by atoms with Gasteiger partial charge in [-0.1, -0.05) is 17.7 Å². The fraction of sp³-hybridized carbons (Fsp3) is 0.429. The summed E-state index contributed by atoms with van der Waals surface area (Å²) in [6.07, 6.45) is 3.62. The average Bonchev–Trinajstić information content (AvgIpc) is 2.76. The minimum atomic E-state index is -1.56. The minimum Gasteiger partial charge on any atom is -0.196 e. The van der Waals surface area contributed by atoms with Crippen LogP contribution in [-0.4, -0.2) is 0 Å². The summed E-state index contributed by atoms with van der Waals surface area (Å²) < 4.78 is 0. The van der Waals surface area contributed by atoms with E-state index in [1.165, 1.54) is 0 Å². The SMILES string of the molecule is CC(C)=C1C=CC2C1C(C#N)(C#N)C2(C#N)C#N. The number of nitrogens with zero attached hydrogens (tertiary/aromatic N) is 4. The van der Waals surface area contributed by atoms with Crippen molar-refractivity contribution in [2.45, 2.75) is 13.8 Å². The second-order valence-electron chi connectivity index (χ2n) is 4.88. The van der Waals surface area contributed by atoms with Gasteiger partial charge in [-0.3, -0.25) is 0 Å². The quantitative estimate of drug-likeness (QED) is 0.641. The molecule has 86 valence electrons. The lowest BCUT2D eigenvalue weighted by atomic mass is 9.40. The van der Waals surface area contributed by atoms with Crippen LogP contribution in [0.5, 0.6) is 0 Å². The van der Waals surface area contributed by atoms with Crippen LogP contribution in [0.15, 0.2) is 23.3 Å². The van der Waals surface area contributed by atoms with Gasteiger partial charge in [0.25, 0.3) is 0 Å². The van der Waals surface area contributed by atoms with Crippen LogP contribution in [0.3, 0.4) is 0 Å². The van der Waals surface area contributed by atoms with E-state index in [-0.39, 0.29) is 11.8 Å². The van der Waals surface area contributed by atoms with E-state index < -0.39 is 10.8 Å². The lowest BCUT2D eigenvalue weighted by Crippen LogP contribution is -2.61. The number of hydrogen-bond donors (Lipinski definition) is 0. The summed E-state index contributed by atoms with van der Waals surface area (Å²) in [6.45, 7) is 3.81. The van der Waals surface area contributed by atoms with Crippen molar-refractivity contribution in [3.8, 4) is 24.3 Å². The molecule has 2 aliphatic carbocycles. The van der Waals surface area contributed by atoms with Gasteiger partial charge in [-0.05, 0) is 19.4 Å². The topological polar surface area (TPSA) is 95.2 Å². The van der Waals surface area contributed by atoms with Gasteiger partial charge in [0.1, 0.15) is 0 Å². The lowest BCUT2D eigenvalue weighted by Gasteiger charge is -2.53. The third-order valence-corrected chi connectivity index (χ3v) is 4.05. The van der Waals surface area contributed by atoms with Crippen molar-refractivity contribution in [3.05, 3.63) is 23.3 Å². The van der Waals surface area contributed by atoms with Crippen LogP contribution in [-0.2, 0) is 0 Å². The van der Waals surface area contributed by atoms with Crippen LogP contribution in [0, 0.1) is 68.0 Å². The van der Waals surface area contributed by atoms with Gasteiger partial charge in [0.05, 0.1) is 24.3 Å². The van der Waals surface area contributed by atoms with Crippen LogP contribution >= 0.6 is 0 Å². The van der Waals surface area contributed by atoms with E-state index in [0.29, 0.717) is 0 Å². The van der Waals surface area contributed by atoms with Crippen LogP contribution in [0.1, 0.15) is 13.8 Å². The number of allylic oxidation sites excluding steroid dienone is 4. The molecule has 0 spiro atoms. The molecule has 0 amide bonds. The number of nitriles is 4. The lowest BCUT2D eigenvalue weighted by molar-refractivity contribution is 0.00833. The average molecular weight is 234 g/mol. The number of rotatable bonds is 0. The van der Waals surface area contributed by atoms with Gasteiger partial charge in [-0.25, -0.2) is 0 Å². The predicted molar refractivity (Wildman–Crippen MR) is 61.8 cm³/mol. The maximum Gasteiger partial charge on any atom is 0.183 e. The van der Waals surface area contributed by atoms with Crippen LogP contribution in [0.25, 0.3) is 0 Å². The van der Waals surface area contributed by atoms with Crippen LogP contribution < -0.4 is 0 Å². The standard InChI is InChI=1S/C14H10N4/c1-9(2)10-3-4-11-12(10)14(7-17,8-18)13(11,5-15)6-16/h3-4,11-12H,1-2H3. The molecular formula is C14H10N4. The summed E-state index contributed by atoms with van der Waals surface area (Å²) in [5.74, 6) is -0.700. The number of hydrogen-bond acceptors (Lipinski definition) is 4. The zero-order chi connectivity index (χ0) is 13.6. The second kappa shape index (κ2) is 3.46. The Bertz CT molecular complexity index is 607. The predicted octanol–water partition coefficient (Wildman–Crippen LogP) is 2.21. The zero-order valence-electron chi connectivity index (χ0n) is 10.1. The largest absolute Gasteiger partial charge is 0.196 e. The highest BCUT2D eigenvalue weighted by Crippen LogP contribution is 2.69. The first-order chi connectivity index (χ1) is 8.54. The van der Waals surface area contributed by atoms with Crippen LogP contribution in [0.4, 0.5) is 0 Å². The highest BCUT2D eigenvalue weighted by Gasteiger charge is 2.76. The molecule has 2 aliphatic rings. The fourth-order valence-electron chi connectivity index (χ4n) is 3.09. The molecule has 1 saturated carbocycles. The van der Waals surface area contributed by atoms with E-state index in [9.17, 15) is 21.0 Å². The molecule has 0 aromatic carbocycles. The minimum absolute atomic E-state index is 0.350. The van der Waals surface area contributed by atoms with E-state index in [0.717, 1.165) is 11.1 Å². The molecule has 1 fully saturated rings. The zero-order valence-corrected chi connectivity index (χ0v) is 10.1. The van der Waals surface area contributed by atoms with Gasteiger partial charge in [-0.2, -0.15) is 21.0 Å². The molecule has 2 unspecified atom stereocenters. The van der Waals surface area contributed by atoms with Gasteiger partial charge in [0, 0.05) is 11.8 Å². The van der Waals surface area contributed by atoms with E-state index >= 15 is 0 Å². The van der Waals surface area contributed by atoms with Crippen molar-refractivity contribution >= 4 is 0 Å². The maximum atomic E-state index is 9.36. The first-order valence-corrected chi connectivity index (χ1v) is 5.55. The van der Waals surface area contributed by atoms with Crippen molar-refractivity contribution < 1.29 is 0 Å². The Morgan fingerprint density at radius 1 is 1.00 bits per heavy atom. The normalized spacial score (nSPS) is 28.9. The summed E-state index contributed by atoms with van der Waals surface area (Å²) in [5.41, 5.74) is -1.19. The Morgan fingerprint density at radius 2 is 1.50 bits per heavy atom. The summed E-state index contributed by atoms with van der Waals surface area (Å²) in [5, 5.41) is 37.3. The Hall–Kier alpha value is -2.56. The third kappa shape index (κ3) is 0.924. The van der Waals surface area contributed by atoms with Crippen LogP contribution in [0.2, 0.25) is 0 Å². The van der Waals surface area contributed by atoms with Gasteiger partial charge >= 0.3 is 0 Å². The van der Waals surface area contributed by atoms with Crippen molar-refractivity contribution in [2.24, 2.45) is 22.7 Å². The summed E-state index contributed by atoms with van der Waals surface area (Å²) in [4.78, 5) is 0. The molecule has 0 N–H and O–H groups in total. The molecule has 4 heteroatoms. The summed E-state index contributed by atoms with van der Waals surface area (Å²) in [6, 6.07) is 7.68. The first-order valence-electron chi connectivity index (χ1n) is 5.55. The highest BCUT2D eigenvalue weighted by atomic mass is 14.7. The van der Waals surface area contributed by atoms with Crippen molar-refractivity contribution in [3.63, 3.8) is 0 Å². The number of fused-ring (bicyclic) bond motifs is 1. The van der Waals surface area contributed by atoms with Gasteiger partial charge in [-0.15, -0.1) is 0 Å². The molecule has 0 heterocycles. The highest BCUT2D eigenvalue weighted by molar-refractivity contribution is 5.56. The molecule has 2 rings (SSSR count). The Morgan fingerprint density at radius 3 is 1.89 bits per heavy atom. The Labute approximate surface area is 106 Å². The molecule has 0 aromatic heterocycles. The van der Waals surface area contributed by atoms with E-state index in [1.807, 2.05) is 44.2 Å². The van der Waals surface area contributed by atoms with E-state index in [1.54, 1.807) is 6.08 Å². The van der Waals surface area contributed by atoms with Crippen molar-refractivity contribution in [2.75, 3.05) is 0 Å². The second-order valence-corrected chi connectivity index (χ2v) is 4.88. The van der Waals surface area contributed by atoms with Gasteiger partial charge < -0.3 is 0 Å². The molecule has 4 nitrogen and oxygen atoms in total. The Balaban J connectivity index is 2.70. The smallest absolute Gasteiger partial charge is 0.183 e. The van der Waals surface area contributed by atoms with Gasteiger partial charge in [0.15, 0.2) is 10.8 Å². The Kier molecular flexibility index (Phi) is 2.29. The maximum absolute atomic E-state index is 9.36. The molecule has 2 atom stereocenters. The summed E-state index contributed by atoms with van der Waals surface area (Å²) in [7, 11) is 0. The fourth-order valence-corrected chi connectivity index (χ4v) is 3.09. The van der Waals surface area contributed by atoms with E-state index in [2.05, 4.69) is 0 Å². The summed E-state index contributed by atoms with van der Waals surface area (Å²) >= 11 is 0. The molecule has 18 heavy (non-hydrogen) atoms. The third-order valence-electron chi connectivity index (χ3n) is 4.05. The molecule has 0 radical (unpaired) electrons. The van der Waals surface area contributed by atoms with E-state index in [4.69, 9.17) is 0 Å². The van der Waals surface area contributed by atoms with Gasteiger partial charge in [0.2, 0.25) is 0 Å². The molecular weight excluding hydrogens is 224 g/mol. The molecule has 0 aliphatic heterocycles. The molecule has 0 bridgehead atoms.